The molecule has 26 heavy (non-hydrogen) atoms. The molecule has 1 aromatic heterocycles. The molecule has 1 aliphatic rings. The maximum Gasteiger partial charge on any atom is 0.244 e. The normalized spacial score (nSPS) is 17.0. The summed E-state index contributed by atoms with van der Waals surface area (Å²) in [7, 11) is -3.51. The summed E-state index contributed by atoms with van der Waals surface area (Å²) >= 11 is 0. The average Bonchev–Trinajstić information content (AvgIpc) is 2.67. The van der Waals surface area contributed by atoms with Crippen LogP contribution < -0.4 is 5.32 Å². The van der Waals surface area contributed by atoms with Crippen LogP contribution in [0.1, 0.15) is 30.9 Å². The van der Waals surface area contributed by atoms with Crippen molar-refractivity contribution in [1.29, 1.82) is 0 Å². The van der Waals surface area contributed by atoms with Crippen LogP contribution in [0.5, 0.6) is 0 Å². The Morgan fingerprint density at radius 1 is 1.15 bits per heavy atom. The van der Waals surface area contributed by atoms with Gasteiger partial charge in [-0.3, -0.25) is 0 Å². The standard InChI is InChI=1S/C18H22FN3O3S/c19-16-7-3-2-6-15(16)17(23)13-21-18-9-8-14(12-20-18)26(24,25)22-10-4-1-5-11-22/h2-3,6-9,12,17,23H,1,4-5,10-11,13H2,(H,20,21). The number of aliphatic hydroxyl groups is 1. The van der Waals surface area contributed by atoms with Gasteiger partial charge in [0.05, 0.1) is 6.10 Å². The molecule has 140 valence electrons. The quantitative estimate of drug-likeness (QED) is 0.806. The fourth-order valence-electron chi connectivity index (χ4n) is 2.95. The lowest BCUT2D eigenvalue weighted by Gasteiger charge is -2.25. The van der Waals surface area contributed by atoms with Crippen LogP contribution in [0.15, 0.2) is 47.5 Å². The molecule has 0 radical (unpaired) electrons. The highest BCUT2D eigenvalue weighted by atomic mass is 32.2. The van der Waals surface area contributed by atoms with E-state index in [0.29, 0.717) is 18.9 Å². The molecule has 1 aliphatic heterocycles. The average molecular weight is 379 g/mol. The first-order valence-electron chi connectivity index (χ1n) is 8.61. The van der Waals surface area contributed by atoms with E-state index in [-0.39, 0.29) is 17.0 Å². The third kappa shape index (κ3) is 4.20. The number of rotatable bonds is 6. The van der Waals surface area contributed by atoms with Crippen LogP contribution in [0.2, 0.25) is 0 Å². The number of nitrogens with zero attached hydrogens (tertiary/aromatic N) is 2. The zero-order valence-corrected chi connectivity index (χ0v) is 15.1. The number of benzene rings is 1. The Labute approximate surface area is 152 Å². The molecular formula is C18H22FN3O3S. The topological polar surface area (TPSA) is 82.5 Å². The summed E-state index contributed by atoms with van der Waals surface area (Å²) in [5.41, 5.74) is 0.198. The van der Waals surface area contributed by atoms with E-state index in [0.717, 1.165) is 19.3 Å². The second-order valence-corrected chi connectivity index (χ2v) is 8.20. The molecule has 0 aliphatic carbocycles. The van der Waals surface area contributed by atoms with Crippen LogP contribution in [0.3, 0.4) is 0 Å². The van der Waals surface area contributed by atoms with Gasteiger partial charge in [0.1, 0.15) is 16.5 Å². The lowest BCUT2D eigenvalue weighted by Crippen LogP contribution is -2.35. The highest BCUT2D eigenvalue weighted by Gasteiger charge is 2.26. The van der Waals surface area contributed by atoms with Crippen molar-refractivity contribution in [3.63, 3.8) is 0 Å². The molecule has 2 aromatic rings. The van der Waals surface area contributed by atoms with Gasteiger partial charge < -0.3 is 10.4 Å². The summed E-state index contributed by atoms with van der Waals surface area (Å²) in [5, 5.41) is 13.0. The van der Waals surface area contributed by atoms with E-state index < -0.39 is 21.9 Å². The largest absolute Gasteiger partial charge is 0.386 e. The molecule has 1 saturated heterocycles. The highest BCUT2D eigenvalue weighted by molar-refractivity contribution is 7.89. The molecule has 2 N–H and O–H groups in total. The minimum absolute atomic E-state index is 0.0617. The molecule has 0 spiro atoms. The van der Waals surface area contributed by atoms with Crippen LogP contribution >= 0.6 is 0 Å². The van der Waals surface area contributed by atoms with Gasteiger partial charge in [0.15, 0.2) is 0 Å². The maximum atomic E-state index is 13.7. The number of halogens is 1. The molecule has 6 nitrogen and oxygen atoms in total. The number of nitrogens with one attached hydrogen (secondary N) is 1. The zero-order chi connectivity index (χ0) is 18.6. The first-order valence-corrected chi connectivity index (χ1v) is 10.0. The summed E-state index contributed by atoms with van der Waals surface area (Å²) in [5.74, 6) is -0.0595. The van der Waals surface area contributed by atoms with Crippen molar-refractivity contribution in [2.45, 2.75) is 30.3 Å². The van der Waals surface area contributed by atoms with Gasteiger partial charge in [-0.1, -0.05) is 24.6 Å². The third-order valence-corrected chi connectivity index (χ3v) is 6.31. The molecule has 2 heterocycles. The molecule has 1 atom stereocenters. The van der Waals surface area contributed by atoms with E-state index in [2.05, 4.69) is 10.3 Å². The second kappa shape index (κ2) is 8.11. The van der Waals surface area contributed by atoms with Crippen LogP contribution in [0, 0.1) is 5.82 Å². The van der Waals surface area contributed by atoms with Crippen molar-refractivity contribution in [1.82, 2.24) is 9.29 Å². The van der Waals surface area contributed by atoms with Crippen molar-refractivity contribution in [2.24, 2.45) is 0 Å². The monoisotopic (exact) mass is 379 g/mol. The van der Waals surface area contributed by atoms with E-state index in [1.807, 2.05) is 0 Å². The Morgan fingerprint density at radius 3 is 2.54 bits per heavy atom. The summed E-state index contributed by atoms with van der Waals surface area (Å²) < 4.78 is 40.3. The van der Waals surface area contributed by atoms with Crippen molar-refractivity contribution in [3.05, 3.63) is 54.0 Å². The molecular weight excluding hydrogens is 357 g/mol. The number of hydrogen-bond acceptors (Lipinski definition) is 5. The molecule has 1 aromatic carbocycles. The SMILES string of the molecule is O=S(=O)(c1ccc(NCC(O)c2ccccc2F)nc1)N1CCCCC1. The number of anilines is 1. The Bertz CT molecular complexity index is 837. The minimum Gasteiger partial charge on any atom is -0.386 e. The van der Waals surface area contributed by atoms with Crippen molar-refractivity contribution in [3.8, 4) is 0 Å². The summed E-state index contributed by atoms with van der Waals surface area (Å²) in [6.07, 6.45) is 3.08. The van der Waals surface area contributed by atoms with Gasteiger partial charge in [-0.25, -0.2) is 17.8 Å². The van der Waals surface area contributed by atoms with E-state index in [4.69, 9.17) is 0 Å². The summed E-state index contributed by atoms with van der Waals surface area (Å²) in [6.45, 7) is 1.14. The van der Waals surface area contributed by atoms with Crippen molar-refractivity contribution >= 4 is 15.8 Å². The van der Waals surface area contributed by atoms with Gasteiger partial charge in [-0.2, -0.15) is 4.31 Å². The number of aromatic nitrogens is 1. The van der Waals surface area contributed by atoms with Crippen molar-refractivity contribution < 1.29 is 17.9 Å². The molecule has 0 bridgehead atoms. The fraction of sp³-hybridized carbons (Fsp3) is 0.389. The van der Waals surface area contributed by atoms with Crippen LogP contribution in [-0.4, -0.2) is 42.4 Å². The first-order chi connectivity index (χ1) is 12.5. The molecule has 8 heteroatoms. The molecule has 0 saturated carbocycles. The van der Waals surface area contributed by atoms with E-state index in [9.17, 15) is 17.9 Å². The van der Waals surface area contributed by atoms with Gasteiger partial charge in [-0.05, 0) is 31.0 Å². The first kappa shape index (κ1) is 18.8. The Balaban J connectivity index is 1.63. The summed E-state index contributed by atoms with van der Waals surface area (Å²) in [6, 6.07) is 9.06. The lowest BCUT2D eigenvalue weighted by atomic mass is 10.1. The van der Waals surface area contributed by atoms with Crippen LogP contribution in [0.25, 0.3) is 0 Å². The van der Waals surface area contributed by atoms with Gasteiger partial charge in [0.25, 0.3) is 0 Å². The van der Waals surface area contributed by atoms with Crippen LogP contribution in [-0.2, 0) is 10.0 Å². The predicted molar refractivity (Wildman–Crippen MR) is 96.7 cm³/mol. The Morgan fingerprint density at radius 2 is 1.88 bits per heavy atom. The molecule has 1 unspecified atom stereocenters. The highest BCUT2D eigenvalue weighted by Crippen LogP contribution is 2.21. The van der Waals surface area contributed by atoms with Gasteiger partial charge >= 0.3 is 0 Å². The number of aliphatic hydroxyl groups excluding tert-OH is 1. The van der Waals surface area contributed by atoms with Crippen molar-refractivity contribution in [2.75, 3.05) is 25.0 Å². The lowest BCUT2D eigenvalue weighted by molar-refractivity contribution is 0.186. The van der Waals surface area contributed by atoms with Gasteiger partial charge in [-0.15, -0.1) is 0 Å². The van der Waals surface area contributed by atoms with Gasteiger partial charge in [0.2, 0.25) is 10.0 Å². The van der Waals surface area contributed by atoms with Crippen LogP contribution in [0.4, 0.5) is 10.2 Å². The third-order valence-electron chi connectivity index (χ3n) is 4.43. The number of sulfonamides is 1. The van der Waals surface area contributed by atoms with E-state index >= 15 is 0 Å². The van der Waals surface area contributed by atoms with Gasteiger partial charge in [0, 0.05) is 31.4 Å². The molecule has 1 fully saturated rings. The number of piperidine rings is 1. The maximum absolute atomic E-state index is 13.7. The minimum atomic E-state index is -3.51. The molecule has 0 amide bonds. The number of hydrogen-bond donors (Lipinski definition) is 2. The summed E-state index contributed by atoms with van der Waals surface area (Å²) in [4.78, 5) is 4.26. The van der Waals surface area contributed by atoms with E-state index in [1.54, 1.807) is 18.2 Å². The predicted octanol–water partition coefficient (Wildman–Crippen LogP) is 2.54. The molecule has 3 rings (SSSR count). The smallest absolute Gasteiger partial charge is 0.244 e. The second-order valence-electron chi connectivity index (χ2n) is 6.26. The fourth-order valence-corrected chi connectivity index (χ4v) is 4.41. The Kier molecular flexibility index (Phi) is 5.85. The van der Waals surface area contributed by atoms with E-state index in [1.165, 1.54) is 28.7 Å². The number of pyridine rings is 1. The Hall–Kier alpha value is -2.03. The zero-order valence-electron chi connectivity index (χ0n) is 14.3.